The summed E-state index contributed by atoms with van der Waals surface area (Å²) in [6.45, 7) is 0.246. The molecule has 1 aromatic carbocycles. The number of benzene rings is 1. The number of anilines is 1. The molecule has 25 heavy (non-hydrogen) atoms. The van der Waals surface area contributed by atoms with Gasteiger partial charge < -0.3 is 14.4 Å². The van der Waals surface area contributed by atoms with Crippen LogP contribution in [-0.2, 0) is 19.5 Å². The van der Waals surface area contributed by atoms with E-state index in [4.69, 9.17) is 14.6 Å². The van der Waals surface area contributed by atoms with Gasteiger partial charge in [0, 0.05) is 33.4 Å². The first-order chi connectivity index (χ1) is 11.6. The first kappa shape index (κ1) is 20.7. The van der Waals surface area contributed by atoms with E-state index in [1.807, 2.05) is 0 Å². The average molecular weight is 378 g/mol. The summed E-state index contributed by atoms with van der Waals surface area (Å²) in [4.78, 5) is 21.3. The van der Waals surface area contributed by atoms with Crippen LogP contribution in [0.25, 0.3) is 0 Å². The van der Waals surface area contributed by atoms with Crippen molar-refractivity contribution in [1.29, 1.82) is 0 Å². The number of nitro benzene ring substituents is 2. The van der Waals surface area contributed by atoms with Gasteiger partial charge in [0.05, 0.1) is 23.1 Å². The summed E-state index contributed by atoms with van der Waals surface area (Å²) in [5.74, 6) is 0. The number of nitro groups is 2. The van der Waals surface area contributed by atoms with Crippen molar-refractivity contribution in [3.63, 3.8) is 0 Å². The van der Waals surface area contributed by atoms with Crippen LogP contribution in [0.3, 0.4) is 0 Å². The summed E-state index contributed by atoms with van der Waals surface area (Å²) in [5, 5.41) is 27.7. The topological polar surface area (TPSA) is 168 Å². The van der Waals surface area contributed by atoms with Gasteiger partial charge in [-0.1, -0.05) is 0 Å². The lowest BCUT2D eigenvalue weighted by Gasteiger charge is -2.25. The fourth-order valence-electron chi connectivity index (χ4n) is 2.15. The van der Waals surface area contributed by atoms with Crippen molar-refractivity contribution >= 4 is 27.1 Å². The van der Waals surface area contributed by atoms with Gasteiger partial charge in [-0.15, -0.1) is 0 Å². The summed E-state index contributed by atoms with van der Waals surface area (Å²) in [6.07, 6.45) is 0. The van der Waals surface area contributed by atoms with Gasteiger partial charge in [-0.25, -0.2) is 13.6 Å². The third-order valence-electron chi connectivity index (χ3n) is 3.23. The van der Waals surface area contributed by atoms with Gasteiger partial charge in [-0.3, -0.25) is 20.2 Å². The molecule has 2 N–H and O–H groups in total. The van der Waals surface area contributed by atoms with Gasteiger partial charge in [0.1, 0.15) is 10.6 Å². The number of nitrogens with two attached hydrogens (primary N) is 1. The van der Waals surface area contributed by atoms with Crippen molar-refractivity contribution in [2.45, 2.75) is 4.90 Å². The molecule has 0 aromatic heterocycles. The molecule has 0 amide bonds. The van der Waals surface area contributed by atoms with Crippen LogP contribution < -0.4 is 10.0 Å². The van der Waals surface area contributed by atoms with E-state index < -0.39 is 41.8 Å². The third-order valence-corrected chi connectivity index (χ3v) is 4.17. The SMILES string of the molecule is COCCN(CCOC)c1c(S(N)(=O)=O)ccc([N+](=O)[O-])c1[N+](=O)[O-]. The van der Waals surface area contributed by atoms with Crippen molar-refractivity contribution in [2.75, 3.05) is 45.4 Å². The lowest BCUT2D eigenvalue weighted by atomic mass is 10.2. The highest BCUT2D eigenvalue weighted by Crippen LogP contribution is 2.41. The molecule has 0 aliphatic carbocycles. The standard InChI is InChI=1S/C12H18N4O8S/c1-23-7-5-14(6-8-24-2)12-10(25(13,21)22)4-3-9(15(17)18)11(12)16(19)20/h3-4H,5-8H2,1-2H3,(H2,13,21,22). The zero-order chi connectivity index (χ0) is 19.2. The molecule has 0 unspecified atom stereocenters. The molecule has 0 fully saturated rings. The summed E-state index contributed by atoms with van der Waals surface area (Å²) in [5.41, 5.74) is -2.26. The van der Waals surface area contributed by atoms with Gasteiger partial charge in [0.2, 0.25) is 10.0 Å². The molecule has 13 heteroatoms. The molecule has 12 nitrogen and oxygen atoms in total. The van der Waals surface area contributed by atoms with E-state index in [2.05, 4.69) is 0 Å². The maximum absolute atomic E-state index is 11.9. The molecule has 0 atom stereocenters. The van der Waals surface area contributed by atoms with Gasteiger partial charge in [0.15, 0.2) is 0 Å². The van der Waals surface area contributed by atoms with Crippen LogP contribution in [-0.4, -0.2) is 58.8 Å². The van der Waals surface area contributed by atoms with Crippen LogP contribution in [0.2, 0.25) is 0 Å². The van der Waals surface area contributed by atoms with Crippen molar-refractivity contribution in [3.05, 3.63) is 32.4 Å². The van der Waals surface area contributed by atoms with E-state index in [1.54, 1.807) is 0 Å². The smallest absolute Gasteiger partial charge is 0.370 e. The maximum Gasteiger partial charge on any atom is 0.370 e. The van der Waals surface area contributed by atoms with E-state index in [-0.39, 0.29) is 26.3 Å². The number of hydrogen-bond donors (Lipinski definition) is 1. The lowest BCUT2D eigenvalue weighted by molar-refractivity contribution is -0.422. The second kappa shape index (κ2) is 8.66. The van der Waals surface area contributed by atoms with Gasteiger partial charge in [0.25, 0.3) is 0 Å². The normalized spacial score (nSPS) is 11.3. The predicted molar refractivity (Wildman–Crippen MR) is 87.1 cm³/mol. The van der Waals surface area contributed by atoms with Gasteiger partial charge >= 0.3 is 11.4 Å². The number of nitrogens with zero attached hydrogens (tertiary/aromatic N) is 3. The largest absolute Gasteiger partial charge is 0.383 e. The Morgan fingerprint density at radius 1 is 1.08 bits per heavy atom. The van der Waals surface area contributed by atoms with Crippen LogP contribution in [0, 0.1) is 20.2 Å². The van der Waals surface area contributed by atoms with E-state index in [0.717, 1.165) is 12.1 Å². The Hall–Kier alpha value is -2.35. The average Bonchev–Trinajstić information content (AvgIpc) is 2.52. The van der Waals surface area contributed by atoms with Crippen LogP contribution in [0.4, 0.5) is 17.1 Å². The molecule has 0 spiro atoms. The Morgan fingerprint density at radius 3 is 1.96 bits per heavy atom. The fraction of sp³-hybridized carbons (Fsp3) is 0.500. The fourth-order valence-corrected chi connectivity index (χ4v) is 2.90. The molecular formula is C12H18N4O8S. The third kappa shape index (κ3) is 5.06. The van der Waals surface area contributed by atoms with Crippen LogP contribution in [0.5, 0.6) is 0 Å². The molecule has 0 saturated heterocycles. The Morgan fingerprint density at radius 2 is 1.60 bits per heavy atom. The summed E-state index contributed by atoms with van der Waals surface area (Å²) in [6, 6.07) is 1.62. The summed E-state index contributed by atoms with van der Waals surface area (Å²) in [7, 11) is -1.61. The number of hydrogen-bond acceptors (Lipinski definition) is 9. The van der Waals surface area contributed by atoms with Crippen LogP contribution in [0.1, 0.15) is 0 Å². The van der Waals surface area contributed by atoms with E-state index >= 15 is 0 Å². The molecule has 0 radical (unpaired) electrons. The highest BCUT2D eigenvalue weighted by molar-refractivity contribution is 7.89. The highest BCUT2D eigenvalue weighted by Gasteiger charge is 2.36. The summed E-state index contributed by atoms with van der Waals surface area (Å²) < 4.78 is 33.5. The van der Waals surface area contributed by atoms with Crippen molar-refractivity contribution in [3.8, 4) is 0 Å². The van der Waals surface area contributed by atoms with Crippen molar-refractivity contribution in [2.24, 2.45) is 5.14 Å². The molecule has 0 heterocycles. The molecular weight excluding hydrogens is 360 g/mol. The molecule has 0 bridgehead atoms. The van der Waals surface area contributed by atoms with Gasteiger partial charge in [-0.2, -0.15) is 0 Å². The first-order valence-electron chi connectivity index (χ1n) is 6.86. The molecule has 1 aromatic rings. The Labute approximate surface area is 143 Å². The number of methoxy groups -OCH3 is 2. The molecule has 140 valence electrons. The first-order valence-corrected chi connectivity index (χ1v) is 8.41. The second-order valence-electron chi connectivity index (χ2n) is 4.81. The number of ether oxygens (including phenoxy) is 2. The second-order valence-corrected chi connectivity index (χ2v) is 6.34. The monoisotopic (exact) mass is 378 g/mol. The van der Waals surface area contributed by atoms with Crippen LogP contribution in [0.15, 0.2) is 17.0 Å². The van der Waals surface area contributed by atoms with E-state index in [1.165, 1.54) is 19.1 Å². The minimum absolute atomic E-state index is 0.0321. The Bertz CT molecular complexity index is 744. The predicted octanol–water partition coefficient (Wildman–Crippen LogP) is 0.250. The number of primary sulfonamides is 1. The maximum atomic E-state index is 11.9. The number of sulfonamides is 1. The molecule has 1 rings (SSSR count). The van der Waals surface area contributed by atoms with Crippen molar-refractivity contribution in [1.82, 2.24) is 0 Å². The number of rotatable bonds is 10. The Kier molecular flexibility index (Phi) is 7.17. The zero-order valence-electron chi connectivity index (χ0n) is 13.6. The van der Waals surface area contributed by atoms with Crippen molar-refractivity contribution < 1.29 is 27.7 Å². The molecule has 0 aliphatic heterocycles. The van der Waals surface area contributed by atoms with Crippen LogP contribution >= 0.6 is 0 Å². The van der Waals surface area contributed by atoms with E-state index in [0.29, 0.717) is 0 Å². The summed E-state index contributed by atoms with van der Waals surface area (Å²) >= 11 is 0. The van der Waals surface area contributed by atoms with E-state index in [9.17, 15) is 28.6 Å². The quantitative estimate of drug-likeness (QED) is 0.443. The van der Waals surface area contributed by atoms with Gasteiger partial charge in [-0.05, 0) is 6.07 Å². The Balaban J connectivity index is 3.76. The minimum atomic E-state index is -4.38. The minimum Gasteiger partial charge on any atom is -0.383 e. The zero-order valence-corrected chi connectivity index (χ0v) is 14.4. The molecule has 0 aliphatic rings. The highest BCUT2D eigenvalue weighted by atomic mass is 32.2. The lowest BCUT2D eigenvalue weighted by Crippen LogP contribution is -2.33. The molecule has 0 saturated carbocycles.